The molecule has 1 atom stereocenters. The number of carboxylic acids is 1. The summed E-state index contributed by atoms with van der Waals surface area (Å²) in [5.74, 6) is -1.25. The minimum absolute atomic E-state index is 0.187. The lowest BCUT2D eigenvalue weighted by Gasteiger charge is -2.39. The first kappa shape index (κ1) is 15.3. The maximum absolute atomic E-state index is 12.9. The van der Waals surface area contributed by atoms with E-state index in [1.165, 1.54) is 29.2 Å². The molecule has 21 heavy (non-hydrogen) atoms. The zero-order chi connectivity index (χ0) is 15.6. The monoisotopic (exact) mass is 294 g/mol. The molecule has 2 rings (SSSR count). The normalized spacial score (nSPS) is 22.0. The van der Waals surface area contributed by atoms with Crippen LogP contribution in [0.15, 0.2) is 24.3 Å². The molecule has 2 amide bonds. The molecule has 1 N–H and O–H groups in total. The Bertz CT molecular complexity index is 546. The van der Waals surface area contributed by atoms with Crippen molar-refractivity contribution in [2.45, 2.75) is 19.8 Å². The largest absolute Gasteiger partial charge is 0.481 e. The number of aliphatic carboxylic acids is 1. The molecule has 1 heterocycles. The lowest BCUT2D eigenvalue weighted by atomic mass is 9.82. The molecule has 6 heteroatoms. The molecule has 1 unspecified atom stereocenters. The Morgan fingerprint density at radius 3 is 2.52 bits per heavy atom. The number of nitrogens with zero attached hydrogens (tertiary/aromatic N) is 2. The Morgan fingerprint density at radius 2 is 1.95 bits per heavy atom. The standard InChI is InChI=1S/C15H19FN2O3/c1-15(13(19)20)8-3-9-18(10-15)14(21)17(2)12-6-4-11(16)5-7-12/h4-7H,3,8-10H2,1-2H3,(H,19,20). The molecule has 0 aromatic heterocycles. The van der Waals surface area contributed by atoms with Crippen LogP contribution in [0.25, 0.3) is 0 Å². The van der Waals surface area contributed by atoms with Gasteiger partial charge in [0.15, 0.2) is 0 Å². The molecule has 1 aromatic carbocycles. The second-order valence-corrected chi connectivity index (χ2v) is 5.71. The minimum Gasteiger partial charge on any atom is -0.481 e. The van der Waals surface area contributed by atoms with E-state index in [9.17, 15) is 19.1 Å². The van der Waals surface area contributed by atoms with Crippen LogP contribution in [0, 0.1) is 11.2 Å². The molecule has 0 aliphatic carbocycles. The Kier molecular flexibility index (Phi) is 4.16. The number of amides is 2. The SMILES string of the molecule is CN(C(=O)N1CCCC(C)(C(=O)O)C1)c1ccc(F)cc1. The number of urea groups is 1. The summed E-state index contributed by atoms with van der Waals surface area (Å²) in [4.78, 5) is 26.7. The van der Waals surface area contributed by atoms with E-state index in [4.69, 9.17) is 0 Å². The number of carboxylic acid groups (broad SMARTS) is 1. The van der Waals surface area contributed by atoms with Gasteiger partial charge in [-0.05, 0) is 44.0 Å². The maximum Gasteiger partial charge on any atom is 0.324 e. The third-order valence-corrected chi connectivity index (χ3v) is 3.98. The first-order chi connectivity index (χ1) is 9.83. The smallest absolute Gasteiger partial charge is 0.324 e. The molecule has 1 aliphatic rings. The van der Waals surface area contributed by atoms with Crippen molar-refractivity contribution in [1.82, 2.24) is 4.90 Å². The molecule has 1 saturated heterocycles. The average molecular weight is 294 g/mol. The van der Waals surface area contributed by atoms with E-state index in [1.54, 1.807) is 18.9 Å². The van der Waals surface area contributed by atoms with Gasteiger partial charge in [-0.2, -0.15) is 0 Å². The molecule has 0 saturated carbocycles. The fourth-order valence-corrected chi connectivity index (χ4v) is 2.56. The summed E-state index contributed by atoms with van der Waals surface area (Å²) in [6, 6.07) is 5.35. The van der Waals surface area contributed by atoms with Crippen LogP contribution in [0.4, 0.5) is 14.9 Å². The van der Waals surface area contributed by atoms with Crippen molar-refractivity contribution in [2.75, 3.05) is 25.0 Å². The summed E-state index contributed by atoms with van der Waals surface area (Å²) >= 11 is 0. The van der Waals surface area contributed by atoms with E-state index in [1.807, 2.05) is 0 Å². The lowest BCUT2D eigenvalue weighted by molar-refractivity contribution is -0.150. The highest BCUT2D eigenvalue weighted by Crippen LogP contribution is 2.30. The van der Waals surface area contributed by atoms with Gasteiger partial charge in [0.25, 0.3) is 0 Å². The van der Waals surface area contributed by atoms with Crippen LogP contribution in [0.3, 0.4) is 0 Å². The van der Waals surface area contributed by atoms with E-state index >= 15 is 0 Å². The van der Waals surface area contributed by atoms with Gasteiger partial charge in [0, 0.05) is 25.8 Å². The third-order valence-electron chi connectivity index (χ3n) is 3.98. The molecule has 114 valence electrons. The maximum atomic E-state index is 12.9. The Morgan fingerprint density at radius 1 is 1.33 bits per heavy atom. The van der Waals surface area contributed by atoms with E-state index < -0.39 is 11.4 Å². The van der Waals surface area contributed by atoms with Crippen LogP contribution in [0.1, 0.15) is 19.8 Å². The molecular weight excluding hydrogens is 275 g/mol. The molecule has 0 spiro atoms. The number of carbonyl (C=O) groups excluding carboxylic acids is 1. The second kappa shape index (κ2) is 5.71. The van der Waals surface area contributed by atoms with Crippen molar-refractivity contribution in [3.63, 3.8) is 0 Å². The van der Waals surface area contributed by atoms with Crippen molar-refractivity contribution in [3.8, 4) is 0 Å². The highest BCUT2D eigenvalue weighted by atomic mass is 19.1. The van der Waals surface area contributed by atoms with Gasteiger partial charge in [0.1, 0.15) is 5.82 Å². The summed E-state index contributed by atoms with van der Waals surface area (Å²) in [7, 11) is 1.60. The average Bonchev–Trinajstić information content (AvgIpc) is 2.46. The van der Waals surface area contributed by atoms with Gasteiger partial charge in [-0.3, -0.25) is 9.69 Å². The molecular formula is C15H19FN2O3. The number of piperidine rings is 1. The third kappa shape index (κ3) is 3.15. The van der Waals surface area contributed by atoms with Gasteiger partial charge < -0.3 is 10.0 Å². The highest BCUT2D eigenvalue weighted by molar-refractivity contribution is 5.92. The summed E-state index contributed by atoms with van der Waals surface area (Å²) in [5.41, 5.74) is -0.332. The predicted octanol–water partition coefficient (Wildman–Crippen LogP) is 2.57. The first-order valence-corrected chi connectivity index (χ1v) is 6.85. The van der Waals surface area contributed by atoms with Crippen LogP contribution in [0.2, 0.25) is 0 Å². The predicted molar refractivity (Wildman–Crippen MR) is 76.7 cm³/mol. The highest BCUT2D eigenvalue weighted by Gasteiger charge is 2.40. The number of halogens is 1. The topological polar surface area (TPSA) is 60.9 Å². The summed E-state index contributed by atoms with van der Waals surface area (Å²) in [6.07, 6.45) is 1.22. The Balaban J connectivity index is 2.12. The van der Waals surface area contributed by atoms with Crippen LogP contribution in [-0.4, -0.2) is 42.1 Å². The molecule has 5 nitrogen and oxygen atoms in total. The zero-order valence-corrected chi connectivity index (χ0v) is 12.2. The quantitative estimate of drug-likeness (QED) is 0.912. The van der Waals surface area contributed by atoms with Crippen molar-refractivity contribution < 1.29 is 19.1 Å². The van der Waals surface area contributed by atoms with Crippen molar-refractivity contribution in [2.24, 2.45) is 5.41 Å². The molecule has 1 aliphatic heterocycles. The van der Waals surface area contributed by atoms with E-state index in [0.29, 0.717) is 25.1 Å². The molecule has 1 fully saturated rings. The van der Waals surface area contributed by atoms with Gasteiger partial charge in [-0.15, -0.1) is 0 Å². The van der Waals surface area contributed by atoms with E-state index in [2.05, 4.69) is 0 Å². The molecule has 0 radical (unpaired) electrons. The van der Waals surface area contributed by atoms with Crippen LogP contribution < -0.4 is 4.90 Å². The fourth-order valence-electron chi connectivity index (χ4n) is 2.56. The van der Waals surface area contributed by atoms with Crippen LogP contribution >= 0.6 is 0 Å². The Labute approximate surface area is 123 Å². The Hall–Kier alpha value is -2.11. The second-order valence-electron chi connectivity index (χ2n) is 5.71. The number of rotatable bonds is 2. The molecule has 0 bridgehead atoms. The van der Waals surface area contributed by atoms with Gasteiger partial charge in [-0.1, -0.05) is 0 Å². The number of carbonyl (C=O) groups is 2. The van der Waals surface area contributed by atoms with Gasteiger partial charge in [0.05, 0.1) is 5.41 Å². The summed E-state index contributed by atoms with van der Waals surface area (Å²) < 4.78 is 12.9. The van der Waals surface area contributed by atoms with Crippen molar-refractivity contribution in [3.05, 3.63) is 30.1 Å². The molecule has 1 aromatic rings. The lowest BCUT2D eigenvalue weighted by Crippen LogP contribution is -2.52. The minimum atomic E-state index is -0.905. The zero-order valence-electron chi connectivity index (χ0n) is 12.2. The van der Waals surface area contributed by atoms with Crippen LogP contribution in [0.5, 0.6) is 0 Å². The summed E-state index contributed by atoms with van der Waals surface area (Å²) in [5, 5.41) is 9.29. The summed E-state index contributed by atoms with van der Waals surface area (Å²) in [6.45, 7) is 2.38. The number of hydrogen-bond donors (Lipinski definition) is 1. The van der Waals surface area contributed by atoms with Crippen molar-refractivity contribution in [1.29, 1.82) is 0 Å². The number of likely N-dealkylation sites (tertiary alicyclic amines) is 1. The van der Waals surface area contributed by atoms with Gasteiger partial charge in [0.2, 0.25) is 0 Å². The van der Waals surface area contributed by atoms with Gasteiger partial charge in [-0.25, -0.2) is 9.18 Å². The fraction of sp³-hybridized carbons (Fsp3) is 0.467. The van der Waals surface area contributed by atoms with E-state index in [0.717, 1.165) is 0 Å². The van der Waals surface area contributed by atoms with Crippen molar-refractivity contribution >= 4 is 17.7 Å². The number of hydrogen-bond acceptors (Lipinski definition) is 2. The number of anilines is 1. The van der Waals surface area contributed by atoms with Crippen LogP contribution in [-0.2, 0) is 4.79 Å². The number of benzene rings is 1. The van der Waals surface area contributed by atoms with Gasteiger partial charge >= 0.3 is 12.0 Å². The first-order valence-electron chi connectivity index (χ1n) is 6.85. The van der Waals surface area contributed by atoms with E-state index in [-0.39, 0.29) is 18.4 Å².